The maximum Gasteiger partial charge on any atom is 0.343 e. The molecule has 100 valence electrons. The molecular formula is C12H17NO5. The van der Waals surface area contributed by atoms with Crippen molar-refractivity contribution in [2.24, 2.45) is 0 Å². The Bertz CT molecular complexity index is 384. The van der Waals surface area contributed by atoms with Crippen LogP contribution in [0, 0.1) is 0 Å². The van der Waals surface area contributed by atoms with Crippen LogP contribution in [0.1, 0.15) is 13.3 Å². The van der Waals surface area contributed by atoms with Gasteiger partial charge in [-0.15, -0.1) is 6.58 Å². The zero-order valence-electron chi connectivity index (χ0n) is 10.7. The fourth-order valence-corrected chi connectivity index (χ4v) is 1.23. The summed E-state index contributed by atoms with van der Waals surface area (Å²) >= 11 is 0. The Hall–Kier alpha value is -2.11. The van der Waals surface area contributed by atoms with E-state index in [1.807, 2.05) is 0 Å². The zero-order valence-corrected chi connectivity index (χ0v) is 10.7. The molecule has 0 atom stereocenters. The number of hydrogen-bond acceptors (Lipinski definition) is 6. The van der Waals surface area contributed by atoms with Gasteiger partial charge in [0.2, 0.25) is 0 Å². The molecule has 0 aliphatic heterocycles. The van der Waals surface area contributed by atoms with Gasteiger partial charge in [0.1, 0.15) is 5.57 Å². The molecule has 6 nitrogen and oxygen atoms in total. The number of carbonyl (C=O) groups excluding carboxylic acids is 3. The number of nitrogens with one attached hydrogen (secondary N) is 1. The molecule has 6 heteroatoms. The van der Waals surface area contributed by atoms with Crippen LogP contribution < -0.4 is 5.32 Å². The van der Waals surface area contributed by atoms with Crippen LogP contribution in [0.4, 0.5) is 0 Å². The number of Topliss-reactive ketones (excluding diaryl/α,β-unsaturated/α-hetero) is 1. The van der Waals surface area contributed by atoms with Gasteiger partial charge < -0.3 is 14.8 Å². The summed E-state index contributed by atoms with van der Waals surface area (Å²) in [4.78, 5) is 34.2. The molecule has 0 bridgehead atoms. The molecule has 0 aliphatic rings. The van der Waals surface area contributed by atoms with E-state index in [0.29, 0.717) is 6.54 Å². The first kappa shape index (κ1) is 15.9. The van der Waals surface area contributed by atoms with Crippen molar-refractivity contribution < 1.29 is 23.9 Å². The summed E-state index contributed by atoms with van der Waals surface area (Å²) in [6, 6.07) is 0. The Balaban J connectivity index is 5.39. The number of ether oxygens (including phenoxy) is 2. The molecular weight excluding hydrogens is 238 g/mol. The van der Waals surface area contributed by atoms with Gasteiger partial charge in [-0.25, -0.2) is 4.79 Å². The van der Waals surface area contributed by atoms with Gasteiger partial charge in [-0.3, -0.25) is 9.59 Å². The van der Waals surface area contributed by atoms with Crippen molar-refractivity contribution in [2.75, 3.05) is 20.8 Å². The van der Waals surface area contributed by atoms with Crippen molar-refractivity contribution in [1.82, 2.24) is 5.32 Å². The lowest BCUT2D eigenvalue weighted by atomic mass is 10.1. The van der Waals surface area contributed by atoms with Crippen molar-refractivity contribution >= 4 is 17.7 Å². The molecule has 0 fully saturated rings. The Kier molecular flexibility index (Phi) is 7.11. The van der Waals surface area contributed by atoms with Gasteiger partial charge in [0, 0.05) is 12.2 Å². The minimum atomic E-state index is -0.794. The van der Waals surface area contributed by atoms with Crippen LogP contribution in [-0.2, 0) is 23.9 Å². The van der Waals surface area contributed by atoms with Gasteiger partial charge in [0.15, 0.2) is 5.78 Å². The van der Waals surface area contributed by atoms with E-state index in [1.54, 1.807) is 0 Å². The SMILES string of the molecule is C=CCNC(CC(=O)OC)=C(C(C)=O)C(=O)OC. The maximum absolute atomic E-state index is 11.5. The number of rotatable bonds is 7. The third-order valence-electron chi connectivity index (χ3n) is 2.05. The maximum atomic E-state index is 11.5. The summed E-state index contributed by atoms with van der Waals surface area (Å²) in [5.74, 6) is -1.85. The highest BCUT2D eigenvalue weighted by Crippen LogP contribution is 2.10. The predicted octanol–water partition coefficient (Wildman–Crippen LogP) is 0.341. The van der Waals surface area contributed by atoms with Gasteiger partial charge in [-0.1, -0.05) is 6.08 Å². The van der Waals surface area contributed by atoms with E-state index in [-0.39, 0.29) is 17.7 Å². The van der Waals surface area contributed by atoms with Crippen molar-refractivity contribution in [2.45, 2.75) is 13.3 Å². The van der Waals surface area contributed by atoms with Gasteiger partial charge in [0.05, 0.1) is 20.6 Å². The first-order valence-electron chi connectivity index (χ1n) is 5.21. The number of hydrogen-bond donors (Lipinski definition) is 1. The third-order valence-corrected chi connectivity index (χ3v) is 2.05. The number of esters is 2. The van der Waals surface area contributed by atoms with Gasteiger partial charge in [-0.05, 0) is 6.92 Å². The second-order valence-corrected chi connectivity index (χ2v) is 3.32. The summed E-state index contributed by atoms with van der Waals surface area (Å²) in [5, 5.41) is 2.77. The molecule has 18 heavy (non-hydrogen) atoms. The van der Waals surface area contributed by atoms with Crippen molar-refractivity contribution in [1.29, 1.82) is 0 Å². The van der Waals surface area contributed by atoms with E-state index in [9.17, 15) is 14.4 Å². The average Bonchev–Trinajstić information content (AvgIpc) is 2.34. The Morgan fingerprint density at radius 1 is 1.22 bits per heavy atom. The van der Waals surface area contributed by atoms with E-state index in [2.05, 4.69) is 21.4 Å². The van der Waals surface area contributed by atoms with E-state index < -0.39 is 17.7 Å². The third kappa shape index (κ3) is 4.82. The topological polar surface area (TPSA) is 81.7 Å². The Morgan fingerprint density at radius 2 is 1.83 bits per heavy atom. The highest BCUT2D eigenvalue weighted by atomic mass is 16.5. The molecule has 1 N–H and O–H groups in total. The largest absolute Gasteiger partial charge is 0.469 e. The molecule has 0 aromatic carbocycles. The second-order valence-electron chi connectivity index (χ2n) is 3.32. The Labute approximate surface area is 106 Å². The summed E-state index contributed by atoms with van der Waals surface area (Å²) in [6.45, 7) is 5.03. The van der Waals surface area contributed by atoms with Gasteiger partial charge in [-0.2, -0.15) is 0 Å². The van der Waals surface area contributed by atoms with Gasteiger partial charge in [0.25, 0.3) is 0 Å². The van der Waals surface area contributed by atoms with Crippen LogP contribution in [-0.4, -0.2) is 38.5 Å². The monoisotopic (exact) mass is 255 g/mol. The molecule has 0 saturated heterocycles. The lowest BCUT2D eigenvalue weighted by Crippen LogP contribution is -2.25. The quantitative estimate of drug-likeness (QED) is 0.232. The minimum Gasteiger partial charge on any atom is -0.469 e. The van der Waals surface area contributed by atoms with E-state index in [1.165, 1.54) is 20.1 Å². The van der Waals surface area contributed by atoms with Crippen molar-refractivity contribution in [3.05, 3.63) is 23.9 Å². The molecule has 0 aromatic heterocycles. The molecule has 0 rings (SSSR count). The normalized spacial score (nSPS) is 11.1. The van der Waals surface area contributed by atoms with E-state index >= 15 is 0 Å². The van der Waals surface area contributed by atoms with Gasteiger partial charge >= 0.3 is 11.9 Å². The second kappa shape index (κ2) is 8.05. The van der Waals surface area contributed by atoms with Crippen LogP contribution in [0.15, 0.2) is 23.9 Å². The minimum absolute atomic E-state index is 0.168. The smallest absolute Gasteiger partial charge is 0.343 e. The van der Waals surface area contributed by atoms with Crippen molar-refractivity contribution in [3.63, 3.8) is 0 Å². The molecule has 0 radical (unpaired) electrons. The number of carbonyl (C=O) groups is 3. The van der Waals surface area contributed by atoms with E-state index in [0.717, 1.165) is 7.11 Å². The molecule has 0 aliphatic carbocycles. The molecule has 0 spiro atoms. The summed E-state index contributed by atoms with van der Waals surface area (Å²) < 4.78 is 9.02. The molecule has 0 saturated carbocycles. The fourth-order valence-electron chi connectivity index (χ4n) is 1.23. The Morgan fingerprint density at radius 3 is 2.22 bits per heavy atom. The molecule has 0 heterocycles. The highest BCUT2D eigenvalue weighted by Gasteiger charge is 2.22. The fraction of sp³-hybridized carbons (Fsp3) is 0.417. The van der Waals surface area contributed by atoms with Crippen LogP contribution >= 0.6 is 0 Å². The van der Waals surface area contributed by atoms with E-state index in [4.69, 9.17) is 0 Å². The lowest BCUT2D eigenvalue weighted by Gasteiger charge is -2.12. The number of ketones is 1. The zero-order chi connectivity index (χ0) is 14.1. The molecule has 0 unspecified atom stereocenters. The van der Waals surface area contributed by atoms with Crippen LogP contribution in [0.25, 0.3) is 0 Å². The average molecular weight is 255 g/mol. The van der Waals surface area contributed by atoms with Crippen LogP contribution in [0.5, 0.6) is 0 Å². The van der Waals surface area contributed by atoms with Crippen LogP contribution in [0.3, 0.4) is 0 Å². The molecule has 0 aromatic rings. The van der Waals surface area contributed by atoms with Crippen molar-refractivity contribution in [3.8, 4) is 0 Å². The highest BCUT2D eigenvalue weighted by molar-refractivity contribution is 6.17. The number of methoxy groups -OCH3 is 2. The lowest BCUT2D eigenvalue weighted by molar-refractivity contribution is -0.139. The first-order valence-corrected chi connectivity index (χ1v) is 5.21. The summed E-state index contributed by atoms with van der Waals surface area (Å²) in [5.41, 5.74) is -0.0224. The summed E-state index contributed by atoms with van der Waals surface area (Å²) in [7, 11) is 2.38. The standard InChI is InChI=1S/C12H17NO5/c1-5-6-13-9(7-10(15)17-3)11(8(2)14)12(16)18-4/h5,13H,1,6-7H2,2-4H3. The molecule has 0 amide bonds. The first-order chi connectivity index (χ1) is 8.47. The predicted molar refractivity (Wildman–Crippen MR) is 64.6 cm³/mol. The van der Waals surface area contributed by atoms with Crippen LogP contribution in [0.2, 0.25) is 0 Å². The summed E-state index contributed by atoms with van der Waals surface area (Å²) in [6.07, 6.45) is 1.32.